The Kier molecular flexibility index (Phi) is 8.86. The lowest BCUT2D eigenvalue weighted by Gasteiger charge is -2.36. The van der Waals surface area contributed by atoms with Crippen LogP contribution in [0.1, 0.15) is 36.8 Å². The van der Waals surface area contributed by atoms with Crippen LogP contribution in [-0.4, -0.2) is 92.9 Å². The third-order valence-electron chi connectivity index (χ3n) is 7.72. The normalized spacial score (nSPS) is 20.5. The number of carboxylic acid groups (broad SMARTS) is 1. The van der Waals surface area contributed by atoms with Crippen molar-refractivity contribution in [3.05, 3.63) is 65.7 Å². The van der Waals surface area contributed by atoms with Crippen LogP contribution in [0.3, 0.4) is 0 Å². The van der Waals surface area contributed by atoms with Gasteiger partial charge in [0.15, 0.2) is 0 Å². The zero-order chi connectivity index (χ0) is 28.1. The summed E-state index contributed by atoms with van der Waals surface area (Å²) in [5.41, 5.74) is 7.88. The van der Waals surface area contributed by atoms with Crippen LogP contribution in [0.15, 0.2) is 54.6 Å². The molecule has 2 heterocycles. The van der Waals surface area contributed by atoms with Crippen molar-refractivity contribution in [2.75, 3.05) is 20.1 Å². The Hall–Kier alpha value is -3.92. The molecule has 0 bridgehead atoms. The topological polar surface area (TPSA) is 144 Å². The van der Waals surface area contributed by atoms with Crippen LogP contribution < -0.4 is 5.73 Å². The van der Waals surface area contributed by atoms with Gasteiger partial charge in [0, 0.05) is 26.6 Å². The van der Waals surface area contributed by atoms with Crippen molar-refractivity contribution in [3.8, 4) is 5.75 Å². The first-order chi connectivity index (χ1) is 18.7. The lowest BCUT2D eigenvalue weighted by atomic mass is 10.0. The Labute approximate surface area is 228 Å². The van der Waals surface area contributed by atoms with E-state index in [-0.39, 0.29) is 30.4 Å². The largest absolute Gasteiger partial charge is 0.508 e. The number of likely N-dealkylation sites (tertiary alicyclic amines) is 2. The molecule has 3 amide bonds. The first-order valence-electron chi connectivity index (χ1n) is 13.3. The van der Waals surface area contributed by atoms with Crippen molar-refractivity contribution in [2.45, 2.75) is 62.7 Å². The molecule has 2 fully saturated rings. The molecule has 0 saturated carbocycles. The van der Waals surface area contributed by atoms with Gasteiger partial charge < -0.3 is 30.6 Å². The fourth-order valence-electron chi connectivity index (χ4n) is 5.57. The number of benzene rings is 2. The molecule has 4 rings (SSSR count). The van der Waals surface area contributed by atoms with Gasteiger partial charge in [-0.05, 0) is 55.4 Å². The highest BCUT2D eigenvalue weighted by Gasteiger charge is 2.43. The molecule has 0 spiro atoms. The number of aromatic hydroxyl groups is 1. The molecule has 10 heteroatoms. The molecule has 0 aliphatic carbocycles. The van der Waals surface area contributed by atoms with E-state index in [0.29, 0.717) is 38.8 Å². The number of phenols is 1. The van der Waals surface area contributed by atoms with Crippen LogP contribution in [0.25, 0.3) is 0 Å². The number of hydrogen-bond acceptors (Lipinski definition) is 6. The van der Waals surface area contributed by atoms with E-state index < -0.39 is 36.0 Å². The van der Waals surface area contributed by atoms with Crippen LogP contribution >= 0.6 is 0 Å². The minimum absolute atomic E-state index is 0.120. The molecule has 0 unspecified atom stereocenters. The first kappa shape index (κ1) is 28.1. The van der Waals surface area contributed by atoms with Gasteiger partial charge >= 0.3 is 5.97 Å². The number of nitrogens with two attached hydrogens (primary N) is 1. The highest BCUT2D eigenvalue weighted by Crippen LogP contribution is 2.25. The van der Waals surface area contributed by atoms with Crippen molar-refractivity contribution >= 4 is 23.7 Å². The van der Waals surface area contributed by atoms with E-state index in [2.05, 4.69) is 0 Å². The number of carboxylic acids is 1. The summed E-state index contributed by atoms with van der Waals surface area (Å²) in [4.78, 5) is 56.9. The molecule has 2 aliphatic heterocycles. The molecule has 0 radical (unpaired) electrons. The van der Waals surface area contributed by atoms with E-state index in [1.165, 1.54) is 26.8 Å². The maximum absolute atomic E-state index is 13.8. The summed E-state index contributed by atoms with van der Waals surface area (Å²) in [6.45, 7) is 0.708. The van der Waals surface area contributed by atoms with E-state index in [0.717, 1.165) is 11.1 Å². The molecule has 4 atom stereocenters. The van der Waals surface area contributed by atoms with E-state index in [1.54, 1.807) is 19.2 Å². The van der Waals surface area contributed by atoms with Crippen molar-refractivity contribution < 1.29 is 29.4 Å². The van der Waals surface area contributed by atoms with E-state index in [4.69, 9.17) is 5.73 Å². The minimum Gasteiger partial charge on any atom is -0.508 e. The summed E-state index contributed by atoms with van der Waals surface area (Å²) < 4.78 is 0. The average molecular weight is 537 g/mol. The van der Waals surface area contributed by atoms with Gasteiger partial charge in [-0.15, -0.1) is 0 Å². The maximum atomic E-state index is 13.8. The smallest absolute Gasteiger partial charge is 0.326 e. The number of amides is 3. The molecular weight excluding hydrogens is 500 g/mol. The Bertz CT molecular complexity index is 1190. The van der Waals surface area contributed by atoms with Gasteiger partial charge in [-0.25, -0.2) is 4.79 Å². The molecule has 39 heavy (non-hydrogen) atoms. The van der Waals surface area contributed by atoms with Gasteiger partial charge in [0.25, 0.3) is 0 Å². The van der Waals surface area contributed by atoms with Crippen molar-refractivity contribution in [1.29, 1.82) is 0 Å². The second kappa shape index (κ2) is 12.3. The van der Waals surface area contributed by atoms with Gasteiger partial charge in [-0.2, -0.15) is 0 Å². The lowest BCUT2D eigenvalue weighted by Crippen LogP contribution is -2.57. The summed E-state index contributed by atoms with van der Waals surface area (Å²) >= 11 is 0. The van der Waals surface area contributed by atoms with Gasteiger partial charge in [0.05, 0.1) is 6.04 Å². The average Bonchev–Trinajstić information content (AvgIpc) is 3.62. The summed E-state index contributed by atoms with van der Waals surface area (Å²) in [5, 5.41) is 19.2. The van der Waals surface area contributed by atoms with Crippen LogP contribution in [0.5, 0.6) is 5.75 Å². The summed E-state index contributed by atoms with van der Waals surface area (Å²) in [6.07, 6.45) is 2.53. The standard InChI is InChI=1S/C29H36N4O6/c1-31(25(18-19-7-3-2-4-8-19)28(37)33-16-6-10-24(33)29(38)39)27(36)23-9-5-15-32(23)26(35)22(30)17-20-11-13-21(34)14-12-20/h2-4,7-8,11-14,22-25,34H,5-6,9-10,15-18,30H2,1H3,(H,38,39)/t22-,23-,24+,25-/m0/s1. The highest BCUT2D eigenvalue weighted by molar-refractivity contribution is 5.94. The Balaban J connectivity index is 1.52. The molecule has 2 aromatic rings. The third kappa shape index (κ3) is 6.39. The zero-order valence-corrected chi connectivity index (χ0v) is 22.1. The predicted octanol–water partition coefficient (Wildman–Crippen LogP) is 1.40. The fraction of sp³-hybridized carbons (Fsp3) is 0.448. The Morgan fingerprint density at radius 2 is 1.44 bits per heavy atom. The van der Waals surface area contributed by atoms with Gasteiger partial charge in [0.1, 0.15) is 23.9 Å². The number of rotatable bonds is 9. The lowest BCUT2D eigenvalue weighted by molar-refractivity contribution is -0.154. The van der Waals surface area contributed by atoms with Crippen LogP contribution in [0.2, 0.25) is 0 Å². The number of carbonyl (C=O) groups is 4. The number of likely N-dealkylation sites (N-methyl/N-ethyl adjacent to an activating group) is 1. The van der Waals surface area contributed by atoms with E-state index in [9.17, 15) is 29.4 Å². The maximum Gasteiger partial charge on any atom is 0.326 e. The van der Waals surface area contributed by atoms with Crippen molar-refractivity contribution in [2.24, 2.45) is 5.73 Å². The number of carbonyl (C=O) groups excluding carboxylic acids is 3. The number of nitrogens with zero attached hydrogens (tertiary/aromatic N) is 3. The van der Waals surface area contributed by atoms with Gasteiger partial charge in [-0.1, -0.05) is 42.5 Å². The summed E-state index contributed by atoms with van der Waals surface area (Å²) in [6, 6.07) is 12.3. The Morgan fingerprint density at radius 1 is 0.872 bits per heavy atom. The molecule has 2 saturated heterocycles. The molecule has 0 aromatic heterocycles. The SMILES string of the molecule is CN(C(=O)[C@@H]1CCCN1C(=O)[C@@H](N)Cc1ccc(O)cc1)[C@@H](Cc1ccccc1)C(=O)N1CCC[C@@H]1C(=O)O. The number of aliphatic carboxylic acids is 1. The van der Waals surface area contributed by atoms with E-state index in [1.807, 2.05) is 30.3 Å². The number of phenolic OH excluding ortho intramolecular Hbond substituents is 1. The summed E-state index contributed by atoms with van der Waals surface area (Å²) in [5.74, 6) is -2.04. The second-order valence-electron chi connectivity index (χ2n) is 10.3. The minimum atomic E-state index is -1.05. The molecular formula is C29H36N4O6. The van der Waals surface area contributed by atoms with E-state index >= 15 is 0 Å². The van der Waals surface area contributed by atoms with Crippen molar-refractivity contribution in [1.82, 2.24) is 14.7 Å². The van der Waals surface area contributed by atoms with Crippen LogP contribution in [0.4, 0.5) is 0 Å². The first-order valence-corrected chi connectivity index (χ1v) is 13.3. The highest BCUT2D eigenvalue weighted by atomic mass is 16.4. The second-order valence-corrected chi connectivity index (χ2v) is 10.3. The molecule has 2 aliphatic rings. The number of hydrogen-bond donors (Lipinski definition) is 3. The summed E-state index contributed by atoms with van der Waals surface area (Å²) in [7, 11) is 1.55. The quantitative estimate of drug-likeness (QED) is 0.439. The fourth-order valence-corrected chi connectivity index (χ4v) is 5.57. The van der Waals surface area contributed by atoms with Crippen LogP contribution in [-0.2, 0) is 32.0 Å². The van der Waals surface area contributed by atoms with Crippen molar-refractivity contribution in [3.63, 3.8) is 0 Å². The molecule has 10 nitrogen and oxygen atoms in total. The monoisotopic (exact) mass is 536 g/mol. The Morgan fingerprint density at radius 3 is 2.05 bits per heavy atom. The molecule has 4 N–H and O–H groups in total. The predicted molar refractivity (Wildman–Crippen MR) is 144 cm³/mol. The molecule has 208 valence electrons. The third-order valence-corrected chi connectivity index (χ3v) is 7.72. The molecule has 2 aromatic carbocycles. The van der Waals surface area contributed by atoms with Gasteiger partial charge in [0.2, 0.25) is 17.7 Å². The van der Waals surface area contributed by atoms with Gasteiger partial charge in [-0.3, -0.25) is 14.4 Å². The zero-order valence-electron chi connectivity index (χ0n) is 22.1. The van der Waals surface area contributed by atoms with Crippen LogP contribution in [0, 0.1) is 0 Å².